The molecule has 7 nitrogen and oxygen atoms in total. The predicted molar refractivity (Wildman–Crippen MR) is 202 cm³/mol. The number of anilines is 2. The van der Waals surface area contributed by atoms with Crippen LogP contribution in [0.5, 0.6) is 0 Å². The second kappa shape index (κ2) is 13.0. The molecule has 0 saturated heterocycles. The third-order valence-electron chi connectivity index (χ3n) is 11.4. The van der Waals surface area contributed by atoms with Crippen molar-refractivity contribution in [2.75, 3.05) is 30.9 Å². The van der Waals surface area contributed by atoms with Crippen LogP contribution in [0.2, 0.25) is 18.1 Å². The van der Waals surface area contributed by atoms with Crippen LogP contribution in [0.1, 0.15) is 54.2 Å². The molecule has 0 atom stereocenters. The minimum Gasteiger partial charge on any atom is -0.468 e. The van der Waals surface area contributed by atoms with E-state index in [9.17, 15) is 9.59 Å². The van der Waals surface area contributed by atoms with Gasteiger partial charge in [-0.1, -0.05) is 75.4 Å². The molecule has 0 aromatic heterocycles. The molecule has 0 fully saturated rings. The van der Waals surface area contributed by atoms with Crippen LogP contribution in [-0.2, 0) is 49.3 Å². The van der Waals surface area contributed by atoms with Crippen molar-refractivity contribution in [2.45, 2.75) is 78.6 Å². The number of fused-ring (bicyclic) bond motifs is 1. The van der Waals surface area contributed by atoms with E-state index in [0.717, 1.165) is 27.9 Å². The van der Waals surface area contributed by atoms with Crippen LogP contribution in [0.25, 0.3) is 10.8 Å². The van der Waals surface area contributed by atoms with Gasteiger partial charge in [0, 0.05) is 42.8 Å². The number of nitrogens with one attached hydrogen (secondary N) is 1. The Balaban J connectivity index is 1.55. The minimum absolute atomic E-state index is 0.0825. The molecule has 0 bridgehead atoms. The van der Waals surface area contributed by atoms with Crippen molar-refractivity contribution in [2.24, 2.45) is 5.41 Å². The lowest BCUT2D eigenvalue weighted by Gasteiger charge is -2.40. The molecule has 1 aliphatic heterocycles. The zero-order valence-corrected chi connectivity index (χ0v) is 31.5. The quantitative estimate of drug-likeness (QED) is 0.114. The minimum atomic E-state index is -2.02. The zero-order valence-electron chi connectivity index (χ0n) is 30.5. The Morgan fingerprint density at radius 1 is 0.878 bits per heavy atom. The summed E-state index contributed by atoms with van der Waals surface area (Å²) in [4.78, 5) is 29.3. The Bertz CT molecular complexity index is 1900. The van der Waals surface area contributed by atoms with Gasteiger partial charge in [0.2, 0.25) is 0 Å². The van der Waals surface area contributed by atoms with E-state index in [2.05, 4.69) is 124 Å². The second-order valence-corrected chi connectivity index (χ2v) is 20.0. The summed E-state index contributed by atoms with van der Waals surface area (Å²) in [6.45, 7) is 16.7. The summed E-state index contributed by atoms with van der Waals surface area (Å²) >= 11 is 0. The number of carbonyl (C=O) groups is 2. The molecule has 6 rings (SSSR count). The summed E-state index contributed by atoms with van der Waals surface area (Å²) in [6.07, 6.45) is 1.19. The number of carbonyl (C=O) groups excluding carboxylic acids is 2. The number of methoxy groups -OCH3 is 2. The van der Waals surface area contributed by atoms with Crippen molar-refractivity contribution in [1.29, 1.82) is 0 Å². The van der Waals surface area contributed by atoms with Gasteiger partial charge < -0.3 is 23.9 Å². The smallest absolute Gasteiger partial charge is 0.409 e. The van der Waals surface area contributed by atoms with Crippen molar-refractivity contribution < 1.29 is 23.5 Å². The number of nitrogens with zero attached hydrogens (tertiary/aromatic N) is 1. The van der Waals surface area contributed by atoms with Gasteiger partial charge in [-0.25, -0.2) is 0 Å². The first kappa shape index (κ1) is 34.8. The fourth-order valence-corrected chi connectivity index (χ4v) is 8.73. The summed E-state index contributed by atoms with van der Waals surface area (Å²) in [6, 6.07) is 23.5. The van der Waals surface area contributed by atoms with Gasteiger partial charge in [-0.15, -0.1) is 0 Å². The first-order valence-corrected chi connectivity index (χ1v) is 20.2. The number of rotatable bonds is 9. The molecule has 0 saturated carbocycles. The molecule has 0 spiro atoms. The highest BCUT2D eigenvalue weighted by atomic mass is 28.4. The normalized spacial score (nSPS) is 15.2. The Morgan fingerprint density at radius 3 is 2.10 bits per heavy atom. The molecule has 9 heteroatoms. The van der Waals surface area contributed by atoms with Crippen molar-refractivity contribution in [3.8, 4) is 0 Å². The molecule has 1 heterocycles. The lowest BCUT2D eigenvalue weighted by Crippen LogP contribution is -2.58. The topological polar surface area (TPSA) is 77.1 Å². The molecular weight excluding hydrogens is 627 g/mol. The highest BCUT2D eigenvalue weighted by Gasteiger charge is 2.54. The Morgan fingerprint density at radius 2 is 1.49 bits per heavy atom. The summed E-state index contributed by atoms with van der Waals surface area (Å²) < 4.78 is 17.3. The van der Waals surface area contributed by atoms with Crippen LogP contribution in [-0.4, -0.2) is 48.1 Å². The lowest BCUT2D eigenvalue weighted by molar-refractivity contribution is -0.168. The van der Waals surface area contributed by atoms with E-state index < -0.39 is 25.7 Å². The van der Waals surface area contributed by atoms with Gasteiger partial charge in [-0.2, -0.15) is 0 Å². The van der Waals surface area contributed by atoms with Crippen LogP contribution in [0.15, 0.2) is 66.7 Å². The first-order valence-electron chi connectivity index (χ1n) is 17.3. The summed E-state index contributed by atoms with van der Waals surface area (Å²) in [5.74, 6) is -1.11. The Labute approximate surface area is 292 Å². The van der Waals surface area contributed by atoms with Crippen molar-refractivity contribution in [3.05, 3.63) is 100 Å². The maximum atomic E-state index is 13.4. The van der Waals surface area contributed by atoms with Crippen LogP contribution >= 0.6 is 0 Å². The molecule has 4 aromatic rings. The van der Waals surface area contributed by atoms with Gasteiger partial charge in [0.15, 0.2) is 13.7 Å². The second-order valence-electron chi connectivity index (χ2n) is 15.2. The highest BCUT2D eigenvalue weighted by Crippen LogP contribution is 2.44. The zero-order chi connectivity index (χ0) is 35.3. The van der Waals surface area contributed by atoms with Gasteiger partial charge in [0.1, 0.15) is 0 Å². The number of benzene rings is 4. The van der Waals surface area contributed by atoms with Crippen molar-refractivity contribution >= 4 is 54.8 Å². The lowest BCUT2D eigenvalue weighted by atomic mass is 9.58. The Kier molecular flexibility index (Phi) is 9.22. The van der Waals surface area contributed by atoms with Gasteiger partial charge in [0.25, 0.3) is 0 Å². The third-order valence-corrected chi connectivity index (χ3v) is 16.0. The van der Waals surface area contributed by atoms with E-state index in [1.54, 1.807) is 0 Å². The molecule has 1 aliphatic carbocycles. The standard InChI is InChI=1S/C40H49BN2O5Si/c1-26-30(21-22-48-49(8,9)39(3,4)5)36(27(2)32-24-40(23-31(26)32,37(44)46-6)38(45)47-7)41-42-33-19-13-17-29-18-14-20-34(35(29)33)43(41)25-28-15-11-10-12-16-28/h10-20,42H,21-25H2,1-9H3. The highest BCUT2D eigenvalue weighted by molar-refractivity contribution is 6.81. The van der Waals surface area contributed by atoms with Crippen LogP contribution < -0.4 is 15.5 Å². The van der Waals surface area contributed by atoms with Crippen LogP contribution in [0.3, 0.4) is 0 Å². The van der Waals surface area contributed by atoms with E-state index in [1.807, 2.05) is 0 Å². The molecule has 256 valence electrons. The number of esters is 2. The number of ether oxygens (including phenoxy) is 2. The average molecular weight is 677 g/mol. The SMILES string of the molecule is COC(=O)C1(C(=O)OC)Cc2c(C)c(CCO[Si](C)(C)C(C)(C)C)c(B3Nc4cccc5cccc(c45)N3Cc3ccccc3)c(C)c2C1. The van der Waals surface area contributed by atoms with Gasteiger partial charge >= 0.3 is 18.9 Å². The van der Waals surface area contributed by atoms with E-state index >= 15 is 0 Å². The van der Waals surface area contributed by atoms with Crippen molar-refractivity contribution in [1.82, 2.24) is 0 Å². The third kappa shape index (κ3) is 5.95. The van der Waals surface area contributed by atoms with Crippen LogP contribution in [0.4, 0.5) is 11.4 Å². The molecule has 1 N–H and O–H groups in total. The molecule has 49 heavy (non-hydrogen) atoms. The molecular formula is C40H49BN2O5Si. The summed E-state index contributed by atoms with van der Waals surface area (Å²) in [7, 11) is 0.665. The maximum absolute atomic E-state index is 13.4. The molecule has 4 aromatic carbocycles. The van der Waals surface area contributed by atoms with Crippen molar-refractivity contribution in [3.63, 3.8) is 0 Å². The van der Waals surface area contributed by atoms with E-state index in [0.29, 0.717) is 19.6 Å². The van der Waals surface area contributed by atoms with Gasteiger partial charge in [0.05, 0.1) is 14.2 Å². The average Bonchev–Trinajstić information content (AvgIpc) is 3.50. The first-order chi connectivity index (χ1) is 23.2. The van der Waals surface area contributed by atoms with Crippen LogP contribution in [0, 0.1) is 19.3 Å². The molecule has 0 unspecified atom stereocenters. The fraction of sp³-hybridized carbons (Fsp3) is 0.400. The molecule has 0 radical (unpaired) electrons. The largest absolute Gasteiger partial charge is 0.468 e. The summed E-state index contributed by atoms with van der Waals surface area (Å²) in [5, 5.41) is 6.45. The fourth-order valence-electron chi connectivity index (χ4n) is 7.68. The van der Waals surface area contributed by atoms with Gasteiger partial charge in [-0.3, -0.25) is 9.59 Å². The van der Waals surface area contributed by atoms with Gasteiger partial charge in [-0.05, 0) is 94.8 Å². The van der Waals surface area contributed by atoms with E-state index in [4.69, 9.17) is 13.9 Å². The molecule has 2 aliphatic rings. The summed E-state index contributed by atoms with van der Waals surface area (Å²) in [5.41, 5.74) is 8.65. The van der Waals surface area contributed by atoms with E-state index in [-0.39, 0.29) is 24.9 Å². The predicted octanol–water partition coefficient (Wildman–Crippen LogP) is 7.28. The maximum Gasteiger partial charge on any atom is 0.409 e. The molecule has 0 amide bonds. The number of hydrogen-bond donors (Lipinski definition) is 1. The Hall–Kier alpha value is -4.08. The number of hydrogen-bond acceptors (Lipinski definition) is 7. The van der Waals surface area contributed by atoms with E-state index in [1.165, 1.54) is 47.3 Å². The monoisotopic (exact) mass is 676 g/mol.